The van der Waals surface area contributed by atoms with E-state index in [1.165, 1.54) is 18.1 Å². The largest absolute Gasteiger partial charge is 0.507 e. The molecule has 1 fully saturated rings. The van der Waals surface area contributed by atoms with Crippen molar-refractivity contribution in [2.75, 3.05) is 13.7 Å². The number of hydrogen-bond donors (Lipinski definition) is 2. The number of ether oxygens (including phenoxy) is 2. The maximum atomic E-state index is 13.4. The number of likely N-dealkylation sites (tertiary alicyclic amines) is 1. The number of Topliss-reactive ketones (excluding diaryl/α,β-unsaturated/α-hetero) is 1. The fraction of sp³-hybridized carbons (Fsp3) is 0.276. The molecule has 1 aliphatic heterocycles. The summed E-state index contributed by atoms with van der Waals surface area (Å²) in [5.41, 5.74) is 2.31. The molecule has 0 radical (unpaired) electrons. The van der Waals surface area contributed by atoms with Crippen molar-refractivity contribution in [2.45, 2.75) is 33.4 Å². The number of rotatable bonds is 8. The second-order valence-electron chi connectivity index (χ2n) is 9.40. The van der Waals surface area contributed by atoms with Gasteiger partial charge in [-0.1, -0.05) is 26.0 Å². The van der Waals surface area contributed by atoms with Crippen LogP contribution in [0.1, 0.15) is 42.1 Å². The quantitative estimate of drug-likeness (QED) is 0.260. The number of aromatic nitrogens is 1. The average Bonchev–Trinajstić information content (AvgIpc) is 3.13. The molecule has 8 heteroatoms. The molecule has 1 saturated heterocycles. The number of hydrogen-bond acceptors (Lipinski definition) is 7. The molecular formula is C29H30N2O6. The summed E-state index contributed by atoms with van der Waals surface area (Å²) in [7, 11) is 1.41. The van der Waals surface area contributed by atoms with E-state index >= 15 is 0 Å². The number of carbonyl (C=O) groups is 2. The number of methoxy groups -OCH3 is 1. The Hall–Kier alpha value is -4.33. The summed E-state index contributed by atoms with van der Waals surface area (Å²) in [5.74, 6) is -0.700. The first-order valence-electron chi connectivity index (χ1n) is 12.0. The Bertz CT molecular complexity index is 1350. The summed E-state index contributed by atoms with van der Waals surface area (Å²) in [6.45, 7) is 6.56. The Morgan fingerprint density at radius 3 is 2.57 bits per heavy atom. The van der Waals surface area contributed by atoms with Gasteiger partial charge in [0.15, 0.2) is 11.5 Å². The van der Waals surface area contributed by atoms with Gasteiger partial charge >= 0.3 is 0 Å². The first kappa shape index (κ1) is 25.8. The maximum absolute atomic E-state index is 13.4. The fourth-order valence-electron chi connectivity index (χ4n) is 4.34. The summed E-state index contributed by atoms with van der Waals surface area (Å²) in [6, 6.07) is 12.5. The highest BCUT2D eigenvalue weighted by Gasteiger charge is 2.46. The van der Waals surface area contributed by atoms with Crippen molar-refractivity contribution >= 4 is 17.4 Å². The topological polar surface area (TPSA) is 109 Å². The predicted octanol–water partition coefficient (Wildman–Crippen LogP) is 4.76. The van der Waals surface area contributed by atoms with Crippen LogP contribution in [0.4, 0.5) is 0 Å². The van der Waals surface area contributed by atoms with Crippen LogP contribution in [-0.4, -0.2) is 45.5 Å². The lowest BCUT2D eigenvalue weighted by Gasteiger charge is -2.26. The van der Waals surface area contributed by atoms with Gasteiger partial charge in [0.25, 0.3) is 11.7 Å². The summed E-state index contributed by atoms with van der Waals surface area (Å²) in [4.78, 5) is 32.1. The second kappa shape index (κ2) is 10.7. The average molecular weight is 503 g/mol. The van der Waals surface area contributed by atoms with Crippen LogP contribution in [0.15, 0.2) is 66.5 Å². The number of phenolic OH excluding ortho intramolecular Hbond substituents is 1. The van der Waals surface area contributed by atoms with Crippen LogP contribution in [0.2, 0.25) is 0 Å². The third-order valence-corrected chi connectivity index (χ3v) is 6.17. The number of phenols is 1. The van der Waals surface area contributed by atoms with Crippen molar-refractivity contribution in [2.24, 2.45) is 5.92 Å². The molecule has 1 amide bonds. The van der Waals surface area contributed by atoms with Crippen LogP contribution in [-0.2, 0) is 16.1 Å². The maximum Gasteiger partial charge on any atom is 0.295 e. The lowest BCUT2D eigenvalue weighted by Crippen LogP contribution is -2.29. The molecule has 0 aliphatic carbocycles. The number of aliphatic hydroxyl groups excluding tert-OH is 1. The van der Waals surface area contributed by atoms with Gasteiger partial charge in [-0.2, -0.15) is 0 Å². The normalized spacial score (nSPS) is 16.9. The lowest BCUT2D eigenvalue weighted by atomic mass is 9.93. The van der Waals surface area contributed by atoms with Crippen LogP contribution in [0.5, 0.6) is 17.2 Å². The van der Waals surface area contributed by atoms with Gasteiger partial charge in [-0.25, -0.2) is 0 Å². The molecular weight excluding hydrogens is 472 g/mol. The smallest absolute Gasteiger partial charge is 0.295 e. The molecule has 3 aromatic rings. The number of benzene rings is 2. The third kappa shape index (κ3) is 5.28. The van der Waals surface area contributed by atoms with Gasteiger partial charge in [-0.3, -0.25) is 14.6 Å². The molecule has 1 atom stereocenters. The van der Waals surface area contributed by atoms with Gasteiger partial charge in [-0.05, 0) is 65.9 Å². The monoisotopic (exact) mass is 502 g/mol. The molecule has 2 aromatic carbocycles. The van der Waals surface area contributed by atoms with Gasteiger partial charge in [-0.15, -0.1) is 0 Å². The standard InChI is InChI=1S/C29H30N2O6/c1-17(2)16-37-21-8-9-22(18(3)12-21)27(33)25-26(20-7-10-23(32)24(13-20)36-4)31(29(35)28(25)34)15-19-6-5-11-30-14-19/h5-14,17,26,32-33H,15-16H2,1-4H3/b27-25+. The van der Waals surface area contributed by atoms with Crippen molar-refractivity contribution in [1.29, 1.82) is 0 Å². The van der Waals surface area contributed by atoms with E-state index < -0.39 is 17.7 Å². The lowest BCUT2D eigenvalue weighted by molar-refractivity contribution is -0.140. The van der Waals surface area contributed by atoms with Gasteiger partial charge in [0.2, 0.25) is 0 Å². The van der Waals surface area contributed by atoms with E-state index in [9.17, 15) is 19.8 Å². The highest BCUT2D eigenvalue weighted by molar-refractivity contribution is 6.46. The fourth-order valence-corrected chi connectivity index (χ4v) is 4.34. The van der Waals surface area contributed by atoms with Gasteiger partial charge < -0.3 is 24.6 Å². The highest BCUT2D eigenvalue weighted by Crippen LogP contribution is 2.43. The van der Waals surface area contributed by atoms with Crippen molar-refractivity contribution < 1.29 is 29.3 Å². The van der Waals surface area contributed by atoms with E-state index in [2.05, 4.69) is 18.8 Å². The molecule has 1 aliphatic rings. The van der Waals surface area contributed by atoms with Gasteiger partial charge in [0.05, 0.1) is 25.3 Å². The summed E-state index contributed by atoms with van der Waals surface area (Å²) >= 11 is 0. The molecule has 0 saturated carbocycles. The van der Waals surface area contributed by atoms with E-state index in [0.717, 1.165) is 5.56 Å². The molecule has 0 spiro atoms. The number of aromatic hydroxyl groups is 1. The molecule has 192 valence electrons. The molecule has 0 bridgehead atoms. The van der Waals surface area contributed by atoms with Crippen molar-refractivity contribution in [3.8, 4) is 17.2 Å². The minimum atomic E-state index is -0.911. The van der Waals surface area contributed by atoms with Crippen LogP contribution >= 0.6 is 0 Å². The number of pyridine rings is 1. The first-order valence-corrected chi connectivity index (χ1v) is 12.0. The Morgan fingerprint density at radius 2 is 1.92 bits per heavy atom. The van der Waals surface area contributed by atoms with Crippen molar-refractivity contribution in [1.82, 2.24) is 9.88 Å². The molecule has 1 aromatic heterocycles. The van der Waals surface area contributed by atoms with E-state index in [0.29, 0.717) is 35.0 Å². The zero-order valence-electron chi connectivity index (χ0n) is 21.3. The van der Waals surface area contributed by atoms with Gasteiger partial charge in [0.1, 0.15) is 11.5 Å². The zero-order valence-corrected chi connectivity index (χ0v) is 21.3. The summed E-state index contributed by atoms with van der Waals surface area (Å²) in [5, 5.41) is 21.6. The van der Waals surface area contributed by atoms with E-state index in [1.807, 2.05) is 6.92 Å². The second-order valence-corrected chi connectivity index (χ2v) is 9.40. The Kier molecular flexibility index (Phi) is 7.47. The first-order chi connectivity index (χ1) is 17.7. The van der Waals surface area contributed by atoms with Crippen molar-refractivity contribution in [3.05, 3.63) is 88.8 Å². The number of ketones is 1. The van der Waals surface area contributed by atoms with Crippen LogP contribution < -0.4 is 9.47 Å². The van der Waals surface area contributed by atoms with Crippen molar-refractivity contribution in [3.63, 3.8) is 0 Å². The minimum absolute atomic E-state index is 0.0411. The third-order valence-electron chi connectivity index (χ3n) is 6.17. The number of carbonyl (C=O) groups excluding carboxylic acids is 2. The summed E-state index contributed by atoms with van der Waals surface area (Å²) in [6.07, 6.45) is 3.24. The number of amides is 1. The molecule has 2 heterocycles. The van der Waals surface area contributed by atoms with Crippen LogP contribution in [0.25, 0.3) is 5.76 Å². The van der Waals surface area contributed by atoms with Crippen LogP contribution in [0.3, 0.4) is 0 Å². The SMILES string of the molecule is COc1cc(C2/C(=C(\O)c3ccc(OCC(C)C)cc3C)C(=O)C(=O)N2Cc2cccnc2)ccc1O. The molecule has 37 heavy (non-hydrogen) atoms. The Morgan fingerprint density at radius 1 is 1.14 bits per heavy atom. The highest BCUT2D eigenvalue weighted by atomic mass is 16.5. The van der Waals surface area contributed by atoms with Crippen LogP contribution in [0, 0.1) is 12.8 Å². The molecule has 1 unspecified atom stereocenters. The molecule has 4 rings (SSSR count). The Balaban J connectivity index is 1.83. The van der Waals surface area contributed by atoms with E-state index in [-0.39, 0.29) is 29.4 Å². The van der Waals surface area contributed by atoms with E-state index in [4.69, 9.17) is 9.47 Å². The predicted molar refractivity (Wildman–Crippen MR) is 138 cm³/mol. The Labute approximate surface area is 215 Å². The number of aliphatic hydroxyl groups is 1. The van der Waals surface area contributed by atoms with Gasteiger partial charge in [0, 0.05) is 24.5 Å². The van der Waals surface area contributed by atoms with E-state index in [1.54, 1.807) is 54.9 Å². The number of aryl methyl sites for hydroxylation is 1. The molecule has 2 N–H and O–H groups in total. The minimum Gasteiger partial charge on any atom is -0.507 e. The summed E-state index contributed by atoms with van der Waals surface area (Å²) < 4.78 is 11.1. The number of nitrogens with zero attached hydrogens (tertiary/aromatic N) is 2. The zero-order chi connectivity index (χ0) is 26.7. The molecule has 8 nitrogen and oxygen atoms in total.